The Bertz CT molecular complexity index is 351. The van der Waals surface area contributed by atoms with Crippen LogP contribution in [0.4, 0.5) is 5.69 Å². The van der Waals surface area contributed by atoms with Crippen molar-refractivity contribution in [2.45, 2.75) is 19.8 Å². The molecule has 0 saturated heterocycles. The first kappa shape index (κ1) is 11.5. The molecule has 0 aliphatic carbocycles. The summed E-state index contributed by atoms with van der Waals surface area (Å²) in [4.78, 5) is 12.9. The summed E-state index contributed by atoms with van der Waals surface area (Å²) in [6, 6.07) is 8.01. The molecule has 0 saturated carbocycles. The molecule has 1 rings (SSSR count). The molecule has 80 valence electrons. The monoisotopic (exact) mass is 203 g/mol. The average molecular weight is 203 g/mol. The largest absolute Gasteiger partial charge is 0.312 e. The molecule has 0 N–H and O–H groups in total. The van der Waals surface area contributed by atoms with Gasteiger partial charge in [-0.25, -0.2) is 0 Å². The number of nitrogens with zero attached hydrogens (tertiary/aromatic N) is 1. The van der Waals surface area contributed by atoms with E-state index in [9.17, 15) is 4.79 Å². The number of likely N-dealkylation sites (N-methyl/N-ethyl adjacent to an activating group) is 1. The number of carbonyl (C=O) groups excluding carboxylic acids is 1. The Hall–Kier alpha value is -1.57. The van der Waals surface area contributed by atoms with Crippen molar-refractivity contribution < 1.29 is 4.79 Å². The summed E-state index contributed by atoms with van der Waals surface area (Å²) >= 11 is 0. The molecular formula is C13H17NO. The zero-order valence-corrected chi connectivity index (χ0v) is 9.53. The lowest BCUT2D eigenvalue weighted by Crippen LogP contribution is -2.23. The number of anilines is 1. The molecule has 2 heteroatoms. The van der Waals surface area contributed by atoms with E-state index in [0.29, 0.717) is 5.92 Å². The minimum Gasteiger partial charge on any atom is -0.312 e. The van der Waals surface area contributed by atoms with Crippen molar-refractivity contribution in [3.05, 3.63) is 42.5 Å². The Morgan fingerprint density at radius 3 is 2.27 bits per heavy atom. The molecule has 2 nitrogen and oxygen atoms in total. The molecule has 0 unspecified atom stereocenters. The van der Waals surface area contributed by atoms with Crippen LogP contribution in [0.5, 0.6) is 0 Å². The zero-order valence-electron chi connectivity index (χ0n) is 9.53. The molecule has 0 aliphatic heterocycles. The summed E-state index contributed by atoms with van der Waals surface area (Å²) in [7, 11) is 1.74. The summed E-state index contributed by atoms with van der Waals surface area (Å²) < 4.78 is 0. The van der Waals surface area contributed by atoms with Crippen LogP contribution in [0, 0.1) is 0 Å². The van der Waals surface area contributed by atoms with E-state index in [-0.39, 0.29) is 5.91 Å². The van der Waals surface area contributed by atoms with E-state index in [4.69, 9.17) is 0 Å². The van der Waals surface area contributed by atoms with Gasteiger partial charge < -0.3 is 4.90 Å². The summed E-state index contributed by atoms with van der Waals surface area (Å²) in [5.41, 5.74) is 2.17. The lowest BCUT2D eigenvalue weighted by Gasteiger charge is -2.16. The Kier molecular flexibility index (Phi) is 3.67. The topological polar surface area (TPSA) is 20.3 Å². The van der Waals surface area contributed by atoms with E-state index in [1.165, 1.54) is 11.6 Å². The van der Waals surface area contributed by atoms with Crippen molar-refractivity contribution >= 4 is 11.6 Å². The number of carbonyl (C=O) groups is 1. The maximum absolute atomic E-state index is 11.3. The number of hydrogen-bond donors (Lipinski definition) is 0. The summed E-state index contributed by atoms with van der Waals surface area (Å²) in [5, 5.41) is 0. The van der Waals surface area contributed by atoms with E-state index in [2.05, 4.69) is 20.4 Å². The van der Waals surface area contributed by atoms with E-state index in [1.54, 1.807) is 11.9 Å². The van der Waals surface area contributed by atoms with Crippen LogP contribution in [0.25, 0.3) is 0 Å². The maximum atomic E-state index is 11.3. The fourth-order valence-electron chi connectivity index (χ4n) is 1.35. The van der Waals surface area contributed by atoms with E-state index < -0.39 is 0 Å². The third kappa shape index (κ3) is 2.69. The van der Waals surface area contributed by atoms with Gasteiger partial charge in [-0.1, -0.05) is 32.6 Å². The lowest BCUT2D eigenvalue weighted by molar-refractivity contribution is -0.113. The predicted octanol–water partition coefficient (Wildman–Crippen LogP) is 2.96. The van der Waals surface area contributed by atoms with Crippen LogP contribution in [0.3, 0.4) is 0 Å². The van der Waals surface area contributed by atoms with Gasteiger partial charge in [0.05, 0.1) is 0 Å². The highest BCUT2D eigenvalue weighted by molar-refractivity contribution is 6.00. The highest BCUT2D eigenvalue weighted by Gasteiger charge is 2.07. The highest BCUT2D eigenvalue weighted by Crippen LogP contribution is 2.19. The summed E-state index contributed by atoms with van der Waals surface area (Å²) in [5.74, 6) is 0.423. The molecular weight excluding hydrogens is 186 g/mol. The van der Waals surface area contributed by atoms with Crippen LogP contribution >= 0.6 is 0 Å². The molecule has 1 aromatic carbocycles. The van der Waals surface area contributed by atoms with E-state index in [1.807, 2.05) is 24.3 Å². The first-order valence-corrected chi connectivity index (χ1v) is 5.06. The van der Waals surface area contributed by atoms with Crippen molar-refractivity contribution in [3.8, 4) is 0 Å². The minimum absolute atomic E-state index is 0.0905. The second kappa shape index (κ2) is 4.78. The van der Waals surface area contributed by atoms with Gasteiger partial charge in [0, 0.05) is 12.7 Å². The second-order valence-corrected chi connectivity index (χ2v) is 3.85. The van der Waals surface area contributed by atoms with Crippen molar-refractivity contribution in [1.82, 2.24) is 0 Å². The van der Waals surface area contributed by atoms with Gasteiger partial charge in [-0.2, -0.15) is 0 Å². The van der Waals surface area contributed by atoms with Crippen molar-refractivity contribution in [3.63, 3.8) is 0 Å². The van der Waals surface area contributed by atoms with Crippen LogP contribution < -0.4 is 4.90 Å². The summed E-state index contributed by atoms with van der Waals surface area (Å²) in [6.07, 6.45) is 1.32. The van der Waals surface area contributed by atoms with E-state index >= 15 is 0 Å². The summed E-state index contributed by atoms with van der Waals surface area (Å²) in [6.45, 7) is 7.75. The van der Waals surface area contributed by atoms with Gasteiger partial charge in [-0.3, -0.25) is 4.79 Å². The second-order valence-electron chi connectivity index (χ2n) is 3.85. The van der Waals surface area contributed by atoms with Gasteiger partial charge in [0.2, 0.25) is 5.91 Å². The number of hydrogen-bond acceptors (Lipinski definition) is 1. The van der Waals surface area contributed by atoms with Crippen LogP contribution in [0.15, 0.2) is 36.9 Å². The van der Waals surface area contributed by atoms with Gasteiger partial charge in [0.15, 0.2) is 0 Å². The van der Waals surface area contributed by atoms with E-state index in [0.717, 1.165) is 5.69 Å². The fraction of sp³-hybridized carbons (Fsp3) is 0.308. The van der Waals surface area contributed by atoms with Gasteiger partial charge in [0.25, 0.3) is 0 Å². The standard InChI is InChI=1S/C13H17NO/c1-5-13(15)14(4)12-8-6-11(7-9-12)10(2)3/h5-10H,1H2,2-4H3. The number of benzene rings is 1. The SMILES string of the molecule is C=CC(=O)N(C)c1ccc(C(C)C)cc1. The highest BCUT2D eigenvalue weighted by atomic mass is 16.2. The van der Waals surface area contributed by atoms with Gasteiger partial charge in [-0.15, -0.1) is 0 Å². The van der Waals surface area contributed by atoms with Crippen molar-refractivity contribution in [2.75, 3.05) is 11.9 Å². The molecule has 15 heavy (non-hydrogen) atoms. The van der Waals surface area contributed by atoms with Crippen LogP contribution in [0.1, 0.15) is 25.3 Å². The molecule has 0 spiro atoms. The quantitative estimate of drug-likeness (QED) is 0.692. The maximum Gasteiger partial charge on any atom is 0.250 e. The normalized spacial score (nSPS) is 10.1. The Labute approximate surface area is 91.2 Å². The van der Waals surface area contributed by atoms with Crippen LogP contribution in [0.2, 0.25) is 0 Å². The predicted molar refractivity (Wildman–Crippen MR) is 64.1 cm³/mol. The third-order valence-corrected chi connectivity index (χ3v) is 2.45. The molecule has 0 heterocycles. The fourth-order valence-corrected chi connectivity index (χ4v) is 1.35. The molecule has 0 aliphatic rings. The smallest absolute Gasteiger partial charge is 0.250 e. The molecule has 0 atom stereocenters. The zero-order chi connectivity index (χ0) is 11.4. The van der Waals surface area contributed by atoms with Gasteiger partial charge in [-0.05, 0) is 29.7 Å². The lowest BCUT2D eigenvalue weighted by atomic mass is 10.0. The third-order valence-electron chi connectivity index (χ3n) is 2.45. The molecule has 0 bridgehead atoms. The Morgan fingerprint density at radius 2 is 1.87 bits per heavy atom. The van der Waals surface area contributed by atoms with Crippen LogP contribution in [-0.2, 0) is 4.79 Å². The first-order chi connectivity index (χ1) is 7.06. The molecule has 0 fully saturated rings. The van der Waals surface area contributed by atoms with Crippen LogP contribution in [-0.4, -0.2) is 13.0 Å². The van der Waals surface area contributed by atoms with Gasteiger partial charge in [0.1, 0.15) is 0 Å². The van der Waals surface area contributed by atoms with Crippen molar-refractivity contribution in [1.29, 1.82) is 0 Å². The molecule has 0 aromatic heterocycles. The first-order valence-electron chi connectivity index (χ1n) is 5.06. The van der Waals surface area contributed by atoms with Crippen molar-refractivity contribution in [2.24, 2.45) is 0 Å². The molecule has 1 aromatic rings. The number of rotatable bonds is 3. The minimum atomic E-state index is -0.0905. The average Bonchev–Trinajstić information content (AvgIpc) is 2.27. The number of amides is 1. The Morgan fingerprint density at radius 1 is 1.33 bits per heavy atom. The van der Waals surface area contributed by atoms with Gasteiger partial charge >= 0.3 is 0 Å². The molecule has 0 radical (unpaired) electrons. The Balaban J connectivity index is 2.88. The molecule has 1 amide bonds.